The molecule has 0 saturated heterocycles. The van der Waals surface area contributed by atoms with Gasteiger partial charge in [0, 0.05) is 29.4 Å². The quantitative estimate of drug-likeness (QED) is 0.566. The highest BCUT2D eigenvalue weighted by Gasteiger charge is 2.19. The van der Waals surface area contributed by atoms with Gasteiger partial charge >= 0.3 is 0 Å². The van der Waals surface area contributed by atoms with Crippen LogP contribution in [-0.4, -0.2) is 25.3 Å². The fourth-order valence-corrected chi connectivity index (χ4v) is 4.25. The Bertz CT molecular complexity index is 967. The van der Waals surface area contributed by atoms with Crippen molar-refractivity contribution in [1.82, 2.24) is 5.32 Å². The van der Waals surface area contributed by atoms with E-state index >= 15 is 0 Å². The second kappa shape index (κ2) is 8.39. The molecule has 0 atom stereocenters. The second-order valence-corrected chi connectivity index (χ2v) is 8.43. The summed E-state index contributed by atoms with van der Waals surface area (Å²) in [7, 11) is -3.93. The Labute approximate surface area is 163 Å². The van der Waals surface area contributed by atoms with Gasteiger partial charge in [0.25, 0.3) is 21.6 Å². The van der Waals surface area contributed by atoms with Crippen LogP contribution in [0.2, 0.25) is 0 Å². The number of hydrogen-bond donors (Lipinski definition) is 2. The lowest BCUT2D eigenvalue weighted by Gasteiger charge is -2.22. The van der Waals surface area contributed by atoms with Crippen molar-refractivity contribution in [3.05, 3.63) is 64.2 Å². The molecule has 0 bridgehead atoms. The fraction of sp³-hybridized carbons (Fsp3) is 0.316. The molecular weight excluding hydrogens is 382 g/mol. The number of non-ortho nitro benzene ring substituents is 1. The van der Waals surface area contributed by atoms with E-state index < -0.39 is 14.9 Å². The highest BCUT2D eigenvalue weighted by atomic mass is 32.2. The maximum absolute atomic E-state index is 12.5. The molecule has 1 aliphatic rings. The summed E-state index contributed by atoms with van der Waals surface area (Å²) in [6.45, 7) is 0. The van der Waals surface area contributed by atoms with E-state index in [0.29, 0.717) is 5.56 Å². The van der Waals surface area contributed by atoms with Crippen LogP contribution in [0, 0.1) is 10.1 Å². The fourth-order valence-electron chi connectivity index (χ4n) is 3.20. The van der Waals surface area contributed by atoms with Crippen LogP contribution in [0.3, 0.4) is 0 Å². The minimum atomic E-state index is -3.93. The molecule has 2 N–H and O–H groups in total. The Morgan fingerprint density at radius 3 is 2.36 bits per heavy atom. The van der Waals surface area contributed by atoms with Crippen LogP contribution >= 0.6 is 0 Å². The van der Waals surface area contributed by atoms with Crippen molar-refractivity contribution in [3.63, 3.8) is 0 Å². The molecule has 1 aliphatic carbocycles. The average molecular weight is 403 g/mol. The lowest BCUT2D eigenvalue weighted by atomic mass is 9.95. The van der Waals surface area contributed by atoms with Gasteiger partial charge in [-0.3, -0.25) is 19.6 Å². The predicted octanol–water partition coefficient (Wildman–Crippen LogP) is 3.46. The maximum Gasteiger partial charge on any atom is 0.269 e. The standard InChI is InChI=1S/C19H21N3O5S/c23-19(20-15-6-2-1-3-7-15)14-5-4-8-16(13-14)21-28(26,27)18-11-9-17(10-12-18)22(24)25/h4-5,8-13,15,21H,1-3,6-7H2,(H,20,23). The molecular formula is C19H21N3O5S. The van der Waals surface area contributed by atoms with Crippen molar-refractivity contribution in [1.29, 1.82) is 0 Å². The number of nitrogens with zero attached hydrogens (tertiary/aromatic N) is 1. The van der Waals surface area contributed by atoms with Crippen molar-refractivity contribution in [3.8, 4) is 0 Å². The number of benzene rings is 2. The lowest BCUT2D eigenvalue weighted by Crippen LogP contribution is -2.36. The van der Waals surface area contributed by atoms with Crippen LogP contribution in [0.5, 0.6) is 0 Å². The Balaban J connectivity index is 1.72. The summed E-state index contributed by atoms with van der Waals surface area (Å²) in [5, 5.41) is 13.7. The molecule has 3 rings (SSSR count). The Morgan fingerprint density at radius 1 is 1.04 bits per heavy atom. The summed E-state index contributed by atoms with van der Waals surface area (Å²) in [6, 6.07) is 11.0. The van der Waals surface area contributed by atoms with Gasteiger partial charge in [-0.25, -0.2) is 8.42 Å². The van der Waals surface area contributed by atoms with Crippen LogP contribution in [-0.2, 0) is 10.0 Å². The Hall–Kier alpha value is -2.94. The van der Waals surface area contributed by atoms with Gasteiger partial charge in [0.1, 0.15) is 0 Å². The van der Waals surface area contributed by atoms with E-state index in [1.807, 2.05) is 0 Å². The number of carbonyl (C=O) groups is 1. The first kappa shape index (κ1) is 19.8. The molecule has 2 aromatic rings. The molecule has 0 unspecified atom stereocenters. The molecule has 8 nitrogen and oxygen atoms in total. The van der Waals surface area contributed by atoms with Crippen LogP contribution < -0.4 is 10.0 Å². The number of anilines is 1. The van der Waals surface area contributed by atoms with Crippen molar-refractivity contribution in [2.24, 2.45) is 0 Å². The Kier molecular flexibility index (Phi) is 5.93. The SMILES string of the molecule is O=C(NC1CCCCC1)c1cccc(NS(=O)(=O)c2ccc([N+](=O)[O-])cc2)c1. The summed E-state index contributed by atoms with van der Waals surface area (Å²) in [5.74, 6) is -0.233. The summed E-state index contributed by atoms with van der Waals surface area (Å²) >= 11 is 0. The maximum atomic E-state index is 12.5. The van der Waals surface area contributed by atoms with Crippen molar-refractivity contribution in [2.75, 3.05) is 4.72 Å². The summed E-state index contributed by atoms with van der Waals surface area (Å²) in [4.78, 5) is 22.4. The zero-order valence-electron chi connectivity index (χ0n) is 15.1. The first-order valence-electron chi connectivity index (χ1n) is 9.03. The molecule has 1 amide bonds. The van der Waals surface area contributed by atoms with E-state index in [4.69, 9.17) is 0 Å². The van der Waals surface area contributed by atoms with E-state index in [1.165, 1.54) is 24.6 Å². The van der Waals surface area contributed by atoms with Gasteiger partial charge in [0.2, 0.25) is 0 Å². The third-order valence-electron chi connectivity index (χ3n) is 4.68. The van der Waals surface area contributed by atoms with E-state index in [9.17, 15) is 23.3 Å². The zero-order chi connectivity index (χ0) is 20.1. The smallest absolute Gasteiger partial charge is 0.269 e. The molecule has 2 aromatic carbocycles. The molecule has 0 spiro atoms. The summed E-state index contributed by atoms with van der Waals surface area (Å²) in [6.07, 6.45) is 5.29. The monoisotopic (exact) mass is 403 g/mol. The molecule has 148 valence electrons. The van der Waals surface area contributed by atoms with E-state index in [2.05, 4.69) is 10.0 Å². The number of hydrogen-bond acceptors (Lipinski definition) is 5. The van der Waals surface area contributed by atoms with Gasteiger partial charge in [-0.1, -0.05) is 25.3 Å². The highest BCUT2D eigenvalue weighted by molar-refractivity contribution is 7.92. The first-order chi connectivity index (χ1) is 13.3. The third kappa shape index (κ3) is 4.86. The van der Waals surface area contributed by atoms with Gasteiger partial charge in [-0.05, 0) is 43.2 Å². The Morgan fingerprint density at radius 2 is 1.71 bits per heavy atom. The van der Waals surface area contributed by atoms with Gasteiger partial charge in [0.15, 0.2) is 0 Å². The second-order valence-electron chi connectivity index (χ2n) is 6.75. The van der Waals surface area contributed by atoms with Crippen molar-refractivity contribution >= 4 is 27.3 Å². The van der Waals surface area contributed by atoms with Crippen LogP contribution in [0.4, 0.5) is 11.4 Å². The summed E-state index contributed by atoms with van der Waals surface area (Å²) < 4.78 is 27.4. The largest absolute Gasteiger partial charge is 0.349 e. The lowest BCUT2D eigenvalue weighted by molar-refractivity contribution is -0.384. The molecule has 0 aromatic heterocycles. The zero-order valence-corrected chi connectivity index (χ0v) is 15.9. The molecule has 1 fully saturated rings. The molecule has 0 radical (unpaired) electrons. The van der Waals surface area contributed by atoms with Gasteiger partial charge in [0.05, 0.1) is 9.82 Å². The van der Waals surface area contributed by atoms with Crippen LogP contribution in [0.15, 0.2) is 53.4 Å². The number of nitrogens with one attached hydrogen (secondary N) is 2. The van der Waals surface area contributed by atoms with E-state index in [1.54, 1.807) is 18.2 Å². The molecule has 9 heteroatoms. The van der Waals surface area contributed by atoms with Crippen molar-refractivity contribution in [2.45, 2.75) is 43.0 Å². The van der Waals surface area contributed by atoms with Crippen LogP contribution in [0.1, 0.15) is 42.5 Å². The number of nitro benzene ring substituents is 1. The minimum absolute atomic E-state index is 0.102. The van der Waals surface area contributed by atoms with E-state index in [0.717, 1.165) is 37.8 Å². The topological polar surface area (TPSA) is 118 Å². The molecule has 0 heterocycles. The highest BCUT2D eigenvalue weighted by Crippen LogP contribution is 2.21. The minimum Gasteiger partial charge on any atom is -0.349 e. The number of rotatable bonds is 6. The van der Waals surface area contributed by atoms with E-state index in [-0.39, 0.29) is 28.2 Å². The normalized spacial score (nSPS) is 15.0. The predicted molar refractivity (Wildman–Crippen MR) is 105 cm³/mol. The third-order valence-corrected chi connectivity index (χ3v) is 6.07. The van der Waals surface area contributed by atoms with Gasteiger partial charge in [-0.15, -0.1) is 0 Å². The average Bonchev–Trinajstić information content (AvgIpc) is 2.68. The number of amides is 1. The number of nitro groups is 1. The molecule has 28 heavy (non-hydrogen) atoms. The molecule has 1 saturated carbocycles. The van der Waals surface area contributed by atoms with Gasteiger partial charge in [-0.2, -0.15) is 0 Å². The van der Waals surface area contributed by atoms with Crippen molar-refractivity contribution < 1.29 is 18.1 Å². The van der Waals surface area contributed by atoms with Crippen LogP contribution in [0.25, 0.3) is 0 Å². The molecule has 0 aliphatic heterocycles. The first-order valence-corrected chi connectivity index (χ1v) is 10.5. The number of sulfonamides is 1. The summed E-state index contributed by atoms with van der Waals surface area (Å²) in [5.41, 5.74) is 0.421. The van der Waals surface area contributed by atoms with Gasteiger partial charge < -0.3 is 5.32 Å². The number of carbonyl (C=O) groups excluding carboxylic acids is 1.